The van der Waals surface area contributed by atoms with Gasteiger partial charge in [0.05, 0.1) is 0 Å². The summed E-state index contributed by atoms with van der Waals surface area (Å²) in [6.45, 7) is 4.12. The Labute approximate surface area is 78.1 Å². The molecule has 0 saturated heterocycles. The molecule has 0 amide bonds. The molecule has 0 bridgehead atoms. The standard InChI is InChI=1S/C10H15NO2/c1-10(2,13-12)9-5-3-8(7-11)4-6-9/h3-6,12H,7,11H2,1-2H3. The van der Waals surface area contributed by atoms with Crippen LogP contribution in [0, 0.1) is 0 Å². The zero-order chi connectivity index (χ0) is 9.90. The molecule has 1 rings (SSSR count). The summed E-state index contributed by atoms with van der Waals surface area (Å²) in [5, 5.41) is 8.65. The van der Waals surface area contributed by atoms with Gasteiger partial charge in [0.25, 0.3) is 0 Å². The molecule has 0 heterocycles. The van der Waals surface area contributed by atoms with Gasteiger partial charge in [-0.25, -0.2) is 4.89 Å². The van der Waals surface area contributed by atoms with Crippen molar-refractivity contribution < 1.29 is 10.1 Å². The van der Waals surface area contributed by atoms with Crippen LogP contribution in [0.5, 0.6) is 0 Å². The van der Waals surface area contributed by atoms with E-state index in [1.165, 1.54) is 0 Å². The number of nitrogens with two attached hydrogens (primary N) is 1. The highest BCUT2D eigenvalue weighted by atomic mass is 17.1. The monoisotopic (exact) mass is 181 g/mol. The van der Waals surface area contributed by atoms with Gasteiger partial charge in [-0.2, -0.15) is 0 Å². The minimum Gasteiger partial charge on any atom is -0.326 e. The van der Waals surface area contributed by atoms with Crippen LogP contribution in [-0.4, -0.2) is 5.26 Å². The van der Waals surface area contributed by atoms with Crippen molar-refractivity contribution in [3.63, 3.8) is 0 Å². The average molecular weight is 181 g/mol. The molecule has 0 aliphatic heterocycles. The summed E-state index contributed by atoms with van der Waals surface area (Å²) in [6.07, 6.45) is 0. The van der Waals surface area contributed by atoms with Crippen LogP contribution in [0.2, 0.25) is 0 Å². The Morgan fingerprint density at radius 3 is 2.23 bits per heavy atom. The van der Waals surface area contributed by atoms with Crippen LogP contribution in [0.25, 0.3) is 0 Å². The number of hydrogen-bond donors (Lipinski definition) is 2. The largest absolute Gasteiger partial charge is 0.326 e. The molecule has 1 aromatic rings. The van der Waals surface area contributed by atoms with Gasteiger partial charge in [-0.15, -0.1) is 0 Å². The molecule has 3 N–H and O–H groups in total. The van der Waals surface area contributed by atoms with E-state index in [4.69, 9.17) is 11.0 Å². The maximum absolute atomic E-state index is 8.65. The molecule has 13 heavy (non-hydrogen) atoms. The van der Waals surface area contributed by atoms with E-state index in [2.05, 4.69) is 4.89 Å². The van der Waals surface area contributed by atoms with Gasteiger partial charge in [0.2, 0.25) is 0 Å². The summed E-state index contributed by atoms with van der Waals surface area (Å²) in [7, 11) is 0. The summed E-state index contributed by atoms with van der Waals surface area (Å²) >= 11 is 0. The van der Waals surface area contributed by atoms with Gasteiger partial charge in [-0.3, -0.25) is 5.26 Å². The highest BCUT2D eigenvalue weighted by Crippen LogP contribution is 2.23. The third-order valence-electron chi connectivity index (χ3n) is 2.11. The van der Waals surface area contributed by atoms with Crippen LogP contribution in [-0.2, 0) is 17.0 Å². The lowest BCUT2D eigenvalue weighted by Crippen LogP contribution is -2.19. The second-order valence-corrected chi connectivity index (χ2v) is 3.50. The van der Waals surface area contributed by atoms with Gasteiger partial charge in [-0.1, -0.05) is 24.3 Å². The molecule has 0 atom stereocenters. The highest BCUT2D eigenvalue weighted by molar-refractivity contribution is 5.26. The molecule has 0 aliphatic rings. The Morgan fingerprint density at radius 1 is 1.31 bits per heavy atom. The molecule has 0 spiro atoms. The molecular formula is C10H15NO2. The molecule has 0 fully saturated rings. The van der Waals surface area contributed by atoms with Crippen LogP contribution in [0.15, 0.2) is 24.3 Å². The van der Waals surface area contributed by atoms with E-state index < -0.39 is 5.60 Å². The van der Waals surface area contributed by atoms with E-state index in [9.17, 15) is 0 Å². The van der Waals surface area contributed by atoms with Crippen molar-refractivity contribution in [1.82, 2.24) is 0 Å². The lowest BCUT2D eigenvalue weighted by Gasteiger charge is -2.20. The first-order chi connectivity index (χ1) is 6.10. The van der Waals surface area contributed by atoms with Crippen LogP contribution < -0.4 is 5.73 Å². The van der Waals surface area contributed by atoms with Crippen LogP contribution in [0.1, 0.15) is 25.0 Å². The molecule has 0 unspecified atom stereocenters. The maximum atomic E-state index is 8.65. The van der Waals surface area contributed by atoms with E-state index in [0.29, 0.717) is 6.54 Å². The average Bonchev–Trinajstić information content (AvgIpc) is 2.18. The summed E-state index contributed by atoms with van der Waals surface area (Å²) in [4.78, 5) is 4.37. The maximum Gasteiger partial charge on any atom is 0.123 e. The Morgan fingerprint density at radius 2 is 1.85 bits per heavy atom. The third kappa shape index (κ3) is 2.28. The second kappa shape index (κ2) is 3.87. The minimum absolute atomic E-state index is 0.528. The molecule has 72 valence electrons. The van der Waals surface area contributed by atoms with Crippen LogP contribution in [0.4, 0.5) is 0 Å². The fourth-order valence-electron chi connectivity index (χ4n) is 1.09. The minimum atomic E-state index is -0.660. The number of hydrogen-bond acceptors (Lipinski definition) is 3. The molecule has 3 nitrogen and oxygen atoms in total. The van der Waals surface area contributed by atoms with E-state index in [1.54, 1.807) is 13.8 Å². The van der Waals surface area contributed by atoms with Crippen molar-refractivity contribution in [3.05, 3.63) is 35.4 Å². The fourth-order valence-corrected chi connectivity index (χ4v) is 1.09. The summed E-state index contributed by atoms with van der Waals surface area (Å²) in [5.74, 6) is 0. The third-order valence-corrected chi connectivity index (χ3v) is 2.11. The van der Waals surface area contributed by atoms with Crippen molar-refractivity contribution in [2.24, 2.45) is 5.73 Å². The van der Waals surface area contributed by atoms with Gasteiger partial charge < -0.3 is 5.73 Å². The van der Waals surface area contributed by atoms with Crippen molar-refractivity contribution in [1.29, 1.82) is 0 Å². The smallest absolute Gasteiger partial charge is 0.123 e. The Kier molecular flexibility index (Phi) is 3.03. The van der Waals surface area contributed by atoms with Gasteiger partial charge in [-0.05, 0) is 25.0 Å². The lowest BCUT2D eigenvalue weighted by atomic mass is 9.97. The number of benzene rings is 1. The zero-order valence-electron chi connectivity index (χ0n) is 7.95. The summed E-state index contributed by atoms with van der Waals surface area (Å²) in [6, 6.07) is 7.66. The molecule has 0 aromatic heterocycles. The lowest BCUT2D eigenvalue weighted by molar-refractivity contribution is -0.318. The second-order valence-electron chi connectivity index (χ2n) is 3.50. The van der Waals surface area contributed by atoms with Crippen LogP contribution >= 0.6 is 0 Å². The van der Waals surface area contributed by atoms with Gasteiger partial charge >= 0.3 is 0 Å². The van der Waals surface area contributed by atoms with E-state index in [-0.39, 0.29) is 0 Å². The van der Waals surface area contributed by atoms with Crippen LogP contribution in [0.3, 0.4) is 0 Å². The quantitative estimate of drug-likeness (QED) is 0.553. The summed E-state index contributed by atoms with van der Waals surface area (Å²) in [5.41, 5.74) is 6.79. The van der Waals surface area contributed by atoms with E-state index in [1.807, 2.05) is 24.3 Å². The first-order valence-corrected chi connectivity index (χ1v) is 4.22. The van der Waals surface area contributed by atoms with Gasteiger partial charge in [0.15, 0.2) is 0 Å². The Hall–Kier alpha value is -0.900. The molecule has 0 radical (unpaired) electrons. The van der Waals surface area contributed by atoms with Gasteiger partial charge in [0, 0.05) is 6.54 Å². The van der Waals surface area contributed by atoms with Crippen molar-refractivity contribution in [2.45, 2.75) is 26.0 Å². The predicted molar refractivity (Wildman–Crippen MR) is 51.1 cm³/mol. The van der Waals surface area contributed by atoms with Crippen molar-refractivity contribution >= 4 is 0 Å². The van der Waals surface area contributed by atoms with Crippen molar-refractivity contribution in [3.8, 4) is 0 Å². The molecule has 0 saturated carbocycles. The molecular weight excluding hydrogens is 166 g/mol. The SMILES string of the molecule is CC(C)(OO)c1ccc(CN)cc1. The van der Waals surface area contributed by atoms with Gasteiger partial charge in [0.1, 0.15) is 5.60 Å². The zero-order valence-corrected chi connectivity index (χ0v) is 7.95. The normalized spacial score (nSPS) is 11.7. The van der Waals surface area contributed by atoms with Crippen molar-refractivity contribution in [2.75, 3.05) is 0 Å². The first kappa shape index (κ1) is 10.2. The highest BCUT2D eigenvalue weighted by Gasteiger charge is 2.20. The van der Waals surface area contributed by atoms with E-state index in [0.717, 1.165) is 11.1 Å². The first-order valence-electron chi connectivity index (χ1n) is 4.22. The predicted octanol–water partition coefficient (Wildman–Crippen LogP) is 1.87. The molecule has 1 aromatic carbocycles. The number of rotatable bonds is 3. The molecule has 3 heteroatoms. The fraction of sp³-hybridized carbons (Fsp3) is 0.400. The topological polar surface area (TPSA) is 55.5 Å². The summed E-state index contributed by atoms with van der Waals surface area (Å²) < 4.78 is 0. The van der Waals surface area contributed by atoms with E-state index >= 15 is 0 Å². The molecule has 0 aliphatic carbocycles. The Balaban J connectivity index is 2.92. The Bertz CT molecular complexity index is 267.